The van der Waals surface area contributed by atoms with Crippen LogP contribution in [0, 0.1) is 0 Å². The summed E-state index contributed by atoms with van der Waals surface area (Å²) in [5.41, 5.74) is -0.493. The Morgan fingerprint density at radius 3 is 3.00 bits per heavy atom. The lowest BCUT2D eigenvalue weighted by molar-refractivity contribution is 0.0652. The standard InChI is InChI=1S/C11H16BrNOS2/c1-8(9-2-3-10(12)16-9)13-6-11(14)4-5-15-7-11/h2-3,8,13-14H,4-7H2,1H3. The van der Waals surface area contributed by atoms with Crippen molar-refractivity contribution in [2.24, 2.45) is 0 Å². The molecule has 0 saturated carbocycles. The maximum absolute atomic E-state index is 10.2. The minimum atomic E-state index is -0.493. The average molecular weight is 322 g/mol. The van der Waals surface area contributed by atoms with Gasteiger partial charge in [-0.15, -0.1) is 11.3 Å². The van der Waals surface area contributed by atoms with Gasteiger partial charge in [-0.05, 0) is 47.2 Å². The fourth-order valence-electron chi connectivity index (χ4n) is 1.74. The first-order valence-electron chi connectivity index (χ1n) is 5.38. The zero-order chi connectivity index (χ0) is 11.6. The van der Waals surface area contributed by atoms with Crippen LogP contribution in [-0.2, 0) is 0 Å². The van der Waals surface area contributed by atoms with Gasteiger partial charge in [0.15, 0.2) is 0 Å². The summed E-state index contributed by atoms with van der Waals surface area (Å²) in [6.07, 6.45) is 0.908. The molecule has 2 unspecified atom stereocenters. The zero-order valence-corrected chi connectivity index (χ0v) is 12.4. The van der Waals surface area contributed by atoms with Crippen LogP contribution in [0.3, 0.4) is 0 Å². The van der Waals surface area contributed by atoms with E-state index < -0.39 is 5.60 Å². The van der Waals surface area contributed by atoms with Gasteiger partial charge in [-0.1, -0.05) is 0 Å². The second-order valence-electron chi connectivity index (χ2n) is 4.27. The van der Waals surface area contributed by atoms with Crippen molar-refractivity contribution in [3.05, 3.63) is 20.8 Å². The number of halogens is 1. The van der Waals surface area contributed by atoms with Crippen molar-refractivity contribution in [3.63, 3.8) is 0 Å². The molecule has 0 radical (unpaired) electrons. The third-order valence-corrected chi connectivity index (χ3v) is 5.88. The number of rotatable bonds is 4. The van der Waals surface area contributed by atoms with E-state index in [2.05, 4.69) is 40.3 Å². The van der Waals surface area contributed by atoms with Crippen molar-refractivity contribution < 1.29 is 5.11 Å². The number of nitrogens with one attached hydrogen (secondary N) is 1. The van der Waals surface area contributed by atoms with Crippen LogP contribution >= 0.6 is 39.0 Å². The number of hydrogen-bond donors (Lipinski definition) is 2. The van der Waals surface area contributed by atoms with Crippen LogP contribution in [-0.4, -0.2) is 28.8 Å². The van der Waals surface area contributed by atoms with E-state index in [0.717, 1.165) is 21.7 Å². The van der Waals surface area contributed by atoms with Crippen LogP contribution in [0.4, 0.5) is 0 Å². The lowest BCUT2D eigenvalue weighted by atomic mass is 10.0. The quantitative estimate of drug-likeness (QED) is 0.894. The lowest BCUT2D eigenvalue weighted by Gasteiger charge is -2.24. The first-order valence-corrected chi connectivity index (χ1v) is 8.14. The predicted molar refractivity (Wildman–Crippen MR) is 75.3 cm³/mol. The molecule has 1 aromatic heterocycles. The smallest absolute Gasteiger partial charge is 0.0869 e. The summed E-state index contributed by atoms with van der Waals surface area (Å²) >= 11 is 7.05. The Bertz CT molecular complexity index is 350. The first-order chi connectivity index (χ1) is 7.59. The Kier molecular flexibility index (Phi) is 4.35. The summed E-state index contributed by atoms with van der Waals surface area (Å²) in [7, 11) is 0. The molecule has 2 nitrogen and oxygen atoms in total. The molecule has 1 fully saturated rings. The summed E-state index contributed by atoms with van der Waals surface area (Å²) in [5, 5.41) is 13.6. The minimum Gasteiger partial charge on any atom is -0.388 e. The number of thioether (sulfide) groups is 1. The van der Waals surface area contributed by atoms with Gasteiger partial charge in [0.05, 0.1) is 9.39 Å². The third kappa shape index (κ3) is 3.23. The highest BCUT2D eigenvalue weighted by atomic mass is 79.9. The van der Waals surface area contributed by atoms with E-state index in [9.17, 15) is 5.11 Å². The highest BCUT2D eigenvalue weighted by Gasteiger charge is 2.31. The third-order valence-electron chi connectivity index (χ3n) is 2.84. The molecule has 2 heterocycles. The molecule has 1 saturated heterocycles. The molecule has 2 atom stereocenters. The van der Waals surface area contributed by atoms with Gasteiger partial charge in [0.25, 0.3) is 0 Å². The molecular weight excluding hydrogens is 306 g/mol. The normalized spacial score (nSPS) is 27.2. The van der Waals surface area contributed by atoms with Crippen LogP contribution in [0.15, 0.2) is 15.9 Å². The molecule has 0 aliphatic carbocycles. The predicted octanol–water partition coefficient (Wildman–Crippen LogP) is 3.03. The van der Waals surface area contributed by atoms with Crippen molar-refractivity contribution in [2.45, 2.75) is 25.0 Å². The van der Waals surface area contributed by atoms with E-state index in [4.69, 9.17) is 0 Å². The summed E-state index contributed by atoms with van der Waals surface area (Å²) < 4.78 is 1.16. The van der Waals surface area contributed by atoms with Gasteiger partial charge in [0, 0.05) is 23.2 Å². The SMILES string of the molecule is CC(NCC1(O)CCSC1)c1ccc(Br)s1. The first kappa shape index (κ1) is 12.9. The van der Waals surface area contributed by atoms with Crippen molar-refractivity contribution in [1.29, 1.82) is 0 Å². The minimum absolute atomic E-state index is 0.311. The largest absolute Gasteiger partial charge is 0.388 e. The van der Waals surface area contributed by atoms with E-state index in [1.54, 1.807) is 11.3 Å². The topological polar surface area (TPSA) is 32.3 Å². The molecule has 90 valence electrons. The van der Waals surface area contributed by atoms with Gasteiger partial charge in [-0.2, -0.15) is 11.8 Å². The lowest BCUT2D eigenvalue weighted by Crippen LogP contribution is -2.41. The van der Waals surface area contributed by atoms with Gasteiger partial charge in [0.1, 0.15) is 0 Å². The molecular formula is C11H16BrNOS2. The Morgan fingerprint density at radius 1 is 1.62 bits per heavy atom. The number of hydrogen-bond acceptors (Lipinski definition) is 4. The van der Waals surface area contributed by atoms with Crippen LogP contribution in [0.5, 0.6) is 0 Å². The Labute approximate surface area is 113 Å². The van der Waals surface area contributed by atoms with E-state index in [-0.39, 0.29) is 0 Å². The second-order valence-corrected chi connectivity index (χ2v) is 7.87. The molecule has 0 amide bonds. The van der Waals surface area contributed by atoms with Crippen LogP contribution in [0.25, 0.3) is 0 Å². The average Bonchev–Trinajstić information content (AvgIpc) is 2.85. The fraction of sp³-hybridized carbons (Fsp3) is 0.636. The van der Waals surface area contributed by atoms with Crippen LogP contribution in [0.1, 0.15) is 24.3 Å². The molecule has 0 spiro atoms. The highest BCUT2D eigenvalue weighted by molar-refractivity contribution is 9.11. The molecule has 0 bridgehead atoms. The van der Waals surface area contributed by atoms with E-state index in [1.807, 2.05) is 11.8 Å². The van der Waals surface area contributed by atoms with Gasteiger partial charge >= 0.3 is 0 Å². The number of aliphatic hydroxyl groups is 1. The molecule has 16 heavy (non-hydrogen) atoms. The van der Waals surface area contributed by atoms with Gasteiger partial charge in [0.2, 0.25) is 0 Å². The van der Waals surface area contributed by atoms with Crippen molar-refractivity contribution in [2.75, 3.05) is 18.1 Å². The molecule has 0 aromatic carbocycles. The Hall–Kier alpha value is 0.450. The van der Waals surface area contributed by atoms with Gasteiger partial charge in [-0.3, -0.25) is 0 Å². The summed E-state index contributed by atoms with van der Waals surface area (Å²) in [4.78, 5) is 1.31. The maximum atomic E-state index is 10.2. The van der Waals surface area contributed by atoms with Gasteiger partial charge < -0.3 is 10.4 Å². The van der Waals surface area contributed by atoms with Crippen LogP contribution in [0.2, 0.25) is 0 Å². The summed E-state index contributed by atoms with van der Waals surface area (Å²) in [6, 6.07) is 4.50. The van der Waals surface area contributed by atoms with Crippen LogP contribution < -0.4 is 5.32 Å². The van der Waals surface area contributed by atoms with Crippen molar-refractivity contribution in [3.8, 4) is 0 Å². The molecule has 2 N–H and O–H groups in total. The fourth-order valence-corrected chi connectivity index (χ4v) is 4.49. The molecule has 1 aliphatic rings. The van der Waals surface area contributed by atoms with E-state index >= 15 is 0 Å². The van der Waals surface area contributed by atoms with E-state index in [1.165, 1.54) is 4.88 Å². The highest BCUT2D eigenvalue weighted by Crippen LogP contribution is 2.30. The Morgan fingerprint density at radius 2 is 2.44 bits per heavy atom. The maximum Gasteiger partial charge on any atom is 0.0869 e. The second kappa shape index (κ2) is 5.40. The zero-order valence-electron chi connectivity index (χ0n) is 9.20. The molecule has 5 heteroatoms. The molecule has 1 aliphatic heterocycles. The summed E-state index contributed by atoms with van der Waals surface area (Å²) in [6.45, 7) is 2.83. The Balaban J connectivity index is 1.86. The van der Waals surface area contributed by atoms with Gasteiger partial charge in [-0.25, -0.2) is 0 Å². The van der Waals surface area contributed by atoms with Crippen molar-refractivity contribution in [1.82, 2.24) is 5.32 Å². The summed E-state index contributed by atoms with van der Waals surface area (Å²) in [5.74, 6) is 1.94. The molecule has 1 aromatic rings. The van der Waals surface area contributed by atoms with E-state index in [0.29, 0.717) is 12.6 Å². The monoisotopic (exact) mass is 321 g/mol. The molecule has 2 rings (SSSR count). The number of thiophene rings is 1. The van der Waals surface area contributed by atoms with Crippen molar-refractivity contribution >= 4 is 39.0 Å².